The van der Waals surface area contributed by atoms with Crippen molar-refractivity contribution in [3.05, 3.63) is 83.3 Å². The van der Waals surface area contributed by atoms with E-state index in [4.69, 9.17) is 16.6 Å². The maximum atomic E-state index is 6.23. The summed E-state index contributed by atoms with van der Waals surface area (Å²) in [5, 5.41) is 4.23. The van der Waals surface area contributed by atoms with Crippen molar-refractivity contribution in [2.24, 2.45) is 0 Å². The highest BCUT2D eigenvalue weighted by atomic mass is 35.5. The fourth-order valence-corrected chi connectivity index (χ4v) is 3.14. The van der Waals surface area contributed by atoms with Gasteiger partial charge >= 0.3 is 0 Å². The first-order chi connectivity index (χ1) is 13.9. The molecule has 0 radical (unpaired) electrons. The van der Waals surface area contributed by atoms with Crippen LogP contribution in [0.2, 0.25) is 5.02 Å². The van der Waals surface area contributed by atoms with E-state index < -0.39 is 0 Å². The molecule has 0 saturated carbocycles. The van der Waals surface area contributed by atoms with Crippen molar-refractivity contribution in [1.82, 2.24) is 14.4 Å². The molecule has 0 saturated heterocycles. The second-order valence-corrected chi connectivity index (χ2v) is 8.24. The van der Waals surface area contributed by atoms with Gasteiger partial charge in [0.2, 0.25) is 0 Å². The van der Waals surface area contributed by atoms with Gasteiger partial charge in [0.1, 0.15) is 22.9 Å². The summed E-state index contributed by atoms with van der Waals surface area (Å²) in [6.07, 6.45) is 3.63. The van der Waals surface area contributed by atoms with E-state index in [2.05, 4.69) is 42.9 Å². The van der Waals surface area contributed by atoms with Gasteiger partial charge in [0.05, 0.1) is 5.02 Å². The van der Waals surface area contributed by atoms with Gasteiger partial charge in [-0.3, -0.25) is 4.40 Å². The van der Waals surface area contributed by atoms with Crippen LogP contribution in [0.25, 0.3) is 16.9 Å². The monoisotopic (exact) mass is 400 g/mol. The number of pyridine rings is 2. The standard InChI is InChI=1S/C24H21ClN4/c1-24(2,3)28-23-22(27-21-14-12-19(25)16-29(21)23)18-10-7-17(8-11-18)9-13-20-6-4-5-15-26-20/h4-8,10-12,14-16,28H,1-3H3. The predicted molar refractivity (Wildman–Crippen MR) is 119 cm³/mol. The van der Waals surface area contributed by atoms with Crippen LogP contribution in [0.3, 0.4) is 0 Å². The van der Waals surface area contributed by atoms with E-state index in [-0.39, 0.29) is 5.54 Å². The van der Waals surface area contributed by atoms with Crippen molar-refractivity contribution >= 4 is 23.1 Å². The van der Waals surface area contributed by atoms with Crippen LogP contribution in [0.5, 0.6) is 0 Å². The highest BCUT2D eigenvalue weighted by Crippen LogP contribution is 2.31. The molecule has 1 N–H and O–H groups in total. The van der Waals surface area contributed by atoms with Crippen molar-refractivity contribution in [2.45, 2.75) is 26.3 Å². The summed E-state index contributed by atoms with van der Waals surface area (Å²) in [6.45, 7) is 6.37. The average Bonchev–Trinajstić information content (AvgIpc) is 3.04. The predicted octanol–water partition coefficient (Wildman–Crippen LogP) is 5.66. The minimum absolute atomic E-state index is 0.124. The number of hydrogen-bond donors (Lipinski definition) is 1. The van der Waals surface area contributed by atoms with Crippen LogP contribution in [-0.2, 0) is 0 Å². The Bertz CT molecular complexity index is 1210. The van der Waals surface area contributed by atoms with Crippen molar-refractivity contribution < 1.29 is 0 Å². The first kappa shape index (κ1) is 19.0. The van der Waals surface area contributed by atoms with Crippen LogP contribution >= 0.6 is 11.6 Å². The van der Waals surface area contributed by atoms with Crippen LogP contribution in [0.15, 0.2) is 67.0 Å². The highest BCUT2D eigenvalue weighted by molar-refractivity contribution is 6.30. The Balaban J connectivity index is 1.73. The average molecular weight is 401 g/mol. The SMILES string of the molecule is CC(C)(C)Nc1c(-c2ccc(C#Cc3ccccn3)cc2)nc2ccc(Cl)cn12. The number of imidazole rings is 1. The molecule has 0 fully saturated rings. The molecular formula is C24H21ClN4. The zero-order valence-corrected chi connectivity index (χ0v) is 17.3. The molecule has 5 heteroatoms. The molecular weight excluding hydrogens is 380 g/mol. The zero-order chi connectivity index (χ0) is 20.4. The molecule has 144 valence electrons. The molecule has 0 bridgehead atoms. The highest BCUT2D eigenvalue weighted by Gasteiger charge is 2.19. The fraction of sp³-hybridized carbons (Fsp3) is 0.167. The van der Waals surface area contributed by atoms with Gasteiger partial charge in [-0.05, 0) is 63.1 Å². The molecule has 3 aromatic heterocycles. The van der Waals surface area contributed by atoms with E-state index >= 15 is 0 Å². The van der Waals surface area contributed by atoms with Gasteiger partial charge in [-0.2, -0.15) is 0 Å². The summed E-state index contributed by atoms with van der Waals surface area (Å²) < 4.78 is 2.00. The Morgan fingerprint density at radius 3 is 2.45 bits per heavy atom. The number of benzene rings is 1. The van der Waals surface area contributed by atoms with Gasteiger partial charge < -0.3 is 5.32 Å². The number of nitrogens with zero attached hydrogens (tertiary/aromatic N) is 3. The molecule has 0 amide bonds. The number of anilines is 1. The molecule has 4 nitrogen and oxygen atoms in total. The minimum atomic E-state index is -0.124. The lowest BCUT2D eigenvalue weighted by molar-refractivity contribution is 0.629. The third-order valence-electron chi connectivity index (χ3n) is 4.23. The maximum absolute atomic E-state index is 6.23. The van der Waals surface area contributed by atoms with Crippen LogP contribution in [0, 0.1) is 11.8 Å². The lowest BCUT2D eigenvalue weighted by atomic mass is 10.1. The van der Waals surface area contributed by atoms with Gasteiger partial charge in [0, 0.05) is 29.1 Å². The van der Waals surface area contributed by atoms with E-state index in [9.17, 15) is 0 Å². The van der Waals surface area contributed by atoms with Crippen LogP contribution in [0.4, 0.5) is 5.82 Å². The van der Waals surface area contributed by atoms with Gasteiger partial charge in [0.15, 0.2) is 0 Å². The van der Waals surface area contributed by atoms with Crippen molar-refractivity contribution in [3.63, 3.8) is 0 Å². The van der Waals surface area contributed by atoms with Gasteiger partial charge in [0.25, 0.3) is 0 Å². The normalized spacial score (nSPS) is 11.2. The first-order valence-corrected chi connectivity index (χ1v) is 9.76. The Hall–Kier alpha value is -3.29. The topological polar surface area (TPSA) is 42.2 Å². The summed E-state index contributed by atoms with van der Waals surface area (Å²) in [5.74, 6) is 7.16. The zero-order valence-electron chi connectivity index (χ0n) is 16.6. The van der Waals surface area contributed by atoms with E-state index in [1.54, 1.807) is 6.20 Å². The van der Waals surface area contributed by atoms with E-state index in [1.807, 2.05) is 65.2 Å². The van der Waals surface area contributed by atoms with Crippen molar-refractivity contribution in [3.8, 4) is 23.1 Å². The Labute approximate surface area is 175 Å². The summed E-state index contributed by atoms with van der Waals surface area (Å²) in [4.78, 5) is 9.06. The van der Waals surface area contributed by atoms with Crippen LogP contribution in [0.1, 0.15) is 32.0 Å². The van der Waals surface area contributed by atoms with Gasteiger partial charge in [-0.1, -0.05) is 35.7 Å². The number of rotatable bonds is 2. The number of nitrogens with one attached hydrogen (secondary N) is 1. The molecule has 1 aromatic carbocycles. The summed E-state index contributed by atoms with van der Waals surface area (Å²) in [7, 11) is 0. The smallest absolute Gasteiger partial charge is 0.139 e. The van der Waals surface area contributed by atoms with Gasteiger partial charge in [-0.15, -0.1) is 0 Å². The third-order valence-corrected chi connectivity index (χ3v) is 4.46. The second kappa shape index (κ2) is 7.62. The summed E-state index contributed by atoms with van der Waals surface area (Å²) in [6, 6.07) is 17.6. The third kappa shape index (κ3) is 4.42. The lowest BCUT2D eigenvalue weighted by Gasteiger charge is -2.22. The molecule has 0 aliphatic carbocycles. The molecule has 3 heterocycles. The van der Waals surface area contributed by atoms with Crippen LogP contribution < -0.4 is 5.32 Å². The minimum Gasteiger partial charge on any atom is -0.365 e. The number of halogens is 1. The quantitative estimate of drug-likeness (QED) is 0.441. The van der Waals surface area contributed by atoms with E-state index in [1.165, 1.54) is 0 Å². The van der Waals surface area contributed by atoms with E-state index in [0.717, 1.165) is 34.0 Å². The van der Waals surface area contributed by atoms with Gasteiger partial charge in [-0.25, -0.2) is 9.97 Å². The molecule has 4 aromatic rings. The summed E-state index contributed by atoms with van der Waals surface area (Å²) in [5.41, 5.74) is 4.30. The molecule has 0 spiro atoms. The molecule has 29 heavy (non-hydrogen) atoms. The lowest BCUT2D eigenvalue weighted by Crippen LogP contribution is -2.27. The first-order valence-electron chi connectivity index (χ1n) is 9.38. The van der Waals surface area contributed by atoms with Crippen molar-refractivity contribution in [1.29, 1.82) is 0 Å². The molecule has 0 aliphatic heterocycles. The second-order valence-electron chi connectivity index (χ2n) is 7.80. The number of hydrogen-bond acceptors (Lipinski definition) is 3. The summed E-state index contributed by atoms with van der Waals surface area (Å²) >= 11 is 6.23. The molecule has 4 rings (SSSR count). The molecule has 0 unspecified atom stereocenters. The van der Waals surface area contributed by atoms with Crippen LogP contribution in [-0.4, -0.2) is 19.9 Å². The number of aromatic nitrogens is 3. The Morgan fingerprint density at radius 1 is 0.966 bits per heavy atom. The van der Waals surface area contributed by atoms with Crippen molar-refractivity contribution in [2.75, 3.05) is 5.32 Å². The molecule has 0 atom stereocenters. The Kier molecular flexibility index (Phi) is 5.00. The number of fused-ring (bicyclic) bond motifs is 1. The van der Waals surface area contributed by atoms with E-state index in [0.29, 0.717) is 5.02 Å². The maximum Gasteiger partial charge on any atom is 0.139 e. The Morgan fingerprint density at radius 2 is 1.76 bits per heavy atom. The fourth-order valence-electron chi connectivity index (χ4n) is 2.98. The molecule has 0 aliphatic rings. The largest absolute Gasteiger partial charge is 0.365 e.